The average molecular weight is 341 g/mol. The van der Waals surface area contributed by atoms with Crippen molar-refractivity contribution in [3.8, 4) is 0 Å². The van der Waals surface area contributed by atoms with Crippen molar-refractivity contribution in [1.29, 1.82) is 0 Å². The minimum Gasteiger partial charge on any atom is -0.312 e. The van der Waals surface area contributed by atoms with Gasteiger partial charge in [0, 0.05) is 18.0 Å². The Labute approximate surface area is 115 Å². The largest absolute Gasteiger partial charge is 0.312 e. The van der Waals surface area contributed by atoms with E-state index in [9.17, 15) is 8.42 Å². The van der Waals surface area contributed by atoms with Crippen molar-refractivity contribution in [2.75, 3.05) is 13.1 Å². The maximum Gasteiger partial charge on any atom is 0.242 e. The molecule has 1 rings (SSSR count). The highest BCUT2D eigenvalue weighted by molar-refractivity contribution is 9.11. The molecule has 0 atom stereocenters. The molecule has 0 saturated carbocycles. The van der Waals surface area contributed by atoms with E-state index in [1.807, 2.05) is 0 Å². The van der Waals surface area contributed by atoms with Crippen molar-refractivity contribution in [2.45, 2.75) is 31.7 Å². The quantitative estimate of drug-likeness (QED) is 0.749. The zero-order chi connectivity index (χ0) is 12.9. The van der Waals surface area contributed by atoms with Crippen LogP contribution in [0.2, 0.25) is 0 Å². The second kappa shape index (κ2) is 6.84. The molecule has 1 aromatic rings. The highest BCUT2D eigenvalue weighted by Gasteiger charge is 2.19. The van der Waals surface area contributed by atoms with E-state index in [0.717, 1.165) is 17.8 Å². The Morgan fingerprint density at radius 2 is 2.12 bits per heavy atom. The van der Waals surface area contributed by atoms with Gasteiger partial charge in [0.05, 0.1) is 3.79 Å². The summed E-state index contributed by atoms with van der Waals surface area (Å²) >= 11 is 4.76. The van der Waals surface area contributed by atoms with Crippen LogP contribution in [0.15, 0.2) is 14.7 Å². The summed E-state index contributed by atoms with van der Waals surface area (Å²) in [5.41, 5.74) is 0. The lowest BCUT2D eigenvalue weighted by Gasteiger charge is -2.01. The van der Waals surface area contributed by atoms with Gasteiger partial charge in [-0.25, -0.2) is 13.1 Å². The normalized spacial score (nSPS) is 11.9. The second-order valence-electron chi connectivity index (χ2n) is 3.53. The van der Waals surface area contributed by atoms with E-state index in [1.165, 1.54) is 11.3 Å². The fraction of sp³-hybridized carbons (Fsp3) is 0.600. The van der Waals surface area contributed by atoms with Crippen LogP contribution in [0.3, 0.4) is 0 Å². The Hall–Kier alpha value is 0.0500. The predicted octanol–water partition coefficient (Wildman–Crippen LogP) is 2.31. The summed E-state index contributed by atoms with van der Waals surface area (Å²) in [6.45, 7) is 5.90. The first kappa shape index (κ1) is 15.1. The van der Waals surface area contributed by atoms with Gasteiger partial charge in [-0.15, -0.1) is 11.3 Å². The third-order valence-corrected chi connectivity index (χ3v) is 5.85. The molecule has 0 radical (unpaired) electrons. The lowest BCUT2D eigenvalue weighted by atomic mass is 10.4. The molecule has 7 heteroatoms. The summed E-state index contributed by atoms with van der Waals surface area (Å²) in [5, 5.41) is 3.25. The number of sulfonamides is 1. The molecule has 1 heterocycles. The molecule has 4 nitrogen and oxygen atoms in total. The van der Waals surface area contributed by atoms with Crippen LogP contribution in [0.5, 0.6) is 0 Å². The molecular weight excluding hydrogens is 324 g/mol. The molecule has 0 aliphatic heterocycles. The standard InChI is InChI=1S/C10H17BrN2O2S2/c1-3-5-12-7-8-6-9(10(11)16-8)17(14,15)13-4-2/h6,12-13H,3-5,7H2,1-2H3. The summed E-state index contributed by atoms with van der Waals surface area (Å²) in [5.74, 6) is 0. The van der Waals surface area contributed by atoms with Crippen molar-refractivity contribution in [2.24, 2.45) is 0 Å². The Morgan fingerprint density at radius 1 is 1.41 bits per heavy atom. The minimum atomic E-state index is -3.37. The van der Waals surface area contributed by atoms with E-state index in [4.69, 9.17) is 0 Å². The molecule has 0 amide bonds. The van der Waals surface area contributed by atoms with Crippen LogP contribution in [0.25, 0.3) is 0 Å². The van der Waals surface area contributed by atoms with Gasteiger partial charge in [-0.1, -0.05) is 13.8 Å². The molecule has 17 heavy (non-hydrogen) atoms. The maximum absolute atomic E-state index is 11.8. The van der Waals surface area contributed by atoms with Gasteiger partial charge in [0.25, 0.3) is 0 Å². The molecule has 0 aliphatic carbocycles. The van der Waals surface area contributed by atoms with Crippen LogP contribution < -0.4 is 10.0 Å². The Morgan fingerprint density at radius 3 is 2.71 bits per heavy atom. The second-order valence-corrected chi connectivity index (χ2v) is 7.72. The van der Waals surface area contributed by atoms with Gasteiger partial charge >= 0.3 is 0 Å². The molecular formula is C10H17BrN2O2S2. The maximum atomic E-state index is 11.8. The Bertz CT molecular complexity index is 457. The van der Waals surface area contributed by atoms with Gasteiger partial charge in [0.15, 0.2) is 0 Å². The summed E-state index contributed by atoms with van der Waals surface area (Å²) in [6, 6.07) is 1.72. The minimum absolute atomic E-state index is 0.331. The number of hydrogen-bond acceptors (Lipinski definition) is 4. The van der Waals surface area contributed by atoms with Crippen molar-refractivity contribution in [3.05, 3.63) is 14.7 Å². The molecule has 1 aromatic heterocycles. The molecule has 0 fully saturated rings. The molecule has 0 unspecified atom stereocenters. The number of rotatable bonds is 7. The first-order valence-corrected chi connectivity index (χ1v) is 8.59. The van der Waals surface area contributed by atoms with Crippen LogP contribution >= 0.6 is 27.3 Å². The third kappa shape index (κ3) is 4.33. The van der Waals surface area contributed by atoms with E-state index in [0.29, 0.717) is 21.8 Å². The highest BCUT2D eigenvalue weighted by atomic mass is 79.9. The fourth-order valence-corrected chi connectivity index (χ4v) is 5.02. The topological polar surface area (TPSA) is 58.2 Å². The average Bonchev–Trinajstić information content (AvgIpc) is 2.61. The third-order valence-electron chi connectivity index (χ3n) is 2.06. The molecule has 0 bridgehead atoms. The summed E-state index contributed by atoms with van der Waals surface area (Å²) in [6.07, 6.45) is 1.06. The van der Waals surface area contributed by atoms with Gasteiger partial charge in [-0.3, -0.25) is 0 Å². The molecule has 2 N–H and O–H groups in total. The Balaban J connectivity index is 2.81. The summed E-state index contributed by atoms with van der Waals surface area (Å²) in [7, 11) is -3.37. The fourth-order valence-electron chi connectivity index (χ4n) is 1.32. The van der Waals surface area contributed by atoms with Crippen LogP contribution in [0.1, 0.15) is 25.1 Å². The van der Waals surface area contributed by atoms with Gasteiger partial charge < -0.3 is 5.32 Å². The summed E-state index contributed by atoms with van der Waals surface area (Å²) in [4.78, 5) is 1.35. The van der Waals surface area contributed by atoms with E-state index in [1.54, 1.807) is 13.0 Å². The first-order chi connectivity index (χ1) is 8.01. The SMILES string of the molecule is CCCNCc1cc(S(=O)(=O)NCC)c(Br)s1. The molecule has 0 spiro atoms. The smallest absolute Gasteiger partial charge is 0.242 e. The van der Waals surface area contributed by atoms with Crippen LogP contribution in [-0.4, -0.2) is 21.5 Å². The van der Waals surface area contributed by atoms with Crippen molar-refractivity contribution in [3.63, 3.8) is 0 Å². The monoisotopic (exact) mass is 340 g/mol. The van der Waals surface area contributed by atoms with E-state index < -0.39 is 10.0 Å². The van der Waals surface area contributed by atoms with Crippen molar-refractivity contribution < 1.29 is 8.42 Å². The highest BCUT2D eigenvalue weighted by Crippen LogP contribution is 2.31. The first-order valence-electron chi connectivity index (χ1n) is 5.49. The van der Waals surface area contributed by atoms with Gasteiger partial charge in [0.1, 0.15) is 4.90 Å². The molecule has 0 aliphatic rings. The number of nitrogens with one attached hydrogen (secondary N) is 2. The summed E-state index contributed by atoms with van der Waals surface area (Å²) < 4.78 is 26.8. The molecule has 0 aromatic carbocycles. The zero-order valence-corrected chi connectivity index (χ0v) is 13.1. The van der Waals surface area contributed by atoms with E-state index in [2.05, 4.69) is 32.9 Å². The van der Waals surface area contributed by atoms with E-state index in [-0.39, 0.29) is 0 Å². The number of halogens is 1. The molecule has 0 saturated heterocycles. The van der Waals surface area contributed by atoms with Crippen molar-refractivity contribution in [1.82, 2.24) is 10.0 Å². The lowest BCUT2D eigenvalue weighted by molar-refractivity contribution is 0.583. The van der Waals surface area contributed by atoms with Crippen molar-refractivity contribution >= 4 is 37.3 Å². The zero-order valence-electron chi connectivity index (χ0n) is 9.92. The van der Waals surface area contributed by atoms with Crippen LogP contribution in [0, 0.1) is 0 Å². The van der Waals surface area contributed by atoms with E-state index >= 15 is 0 Å². The number of thiophene rings is 1. The Kier molecular flexibility index (Phi) is 6.08. The molecule has 98 valence electrons. The van der Waals surface area contributed by atoms with Gasteiger partial charge in [-0.05, 0) is 35.0 Å². The van der Waals surface area contributed by atoms with Gasteiger partial charge in [-0.2, -0.15) is 0 Å². The van der Waals surface area contributed by atoms with Crippen LogP contribution in [0.4, 0.5) is 0 Å². The van der Waals surface area contributed by atoms with Crippen LogP contribution in [-0.2, 0) is 16.6 Å². The predicted molar refractivity (Wildman–Crippen MR) is 74.9 cm³/mol. The van der Waals surface area contributed by atoms with Gasteiger partial charge in [0.2, 0.25) is 10.0 Å². The number of hydrogen-bond donors (Lipinski definition) is 2. The lowest BCUT2D eigenvalue weighted by Crippen LogP contribution is -2.23.